The van der Waals surface area contributed by atoms with Crippen molar-refractivity contribution >= 4 is 5.91 Å². The standard InChI is InChI=1S/C17H18N6O/c1-12-17(24)22(10-13-6-4-3-5-7-13)11-15-19-20-16(23(12)15)14-8-9-18-21(14)2/h3-9,12H,10-11H2,1-2H3/t12-/m0/s1. The Morgan fingerprint density at radius 1 is 1.17 bits per heavy atom. The van der Waals surface area contributed by atoms with Gasteiger partial charge in [0.25, 0.3) is 0 Å². The lowest BCUT2D eigenvalue weighted by Gasteiger charge is -2.32. The molecule has 0 saturated heterocycles. The van der Waals surface area contributed by atoms with Crippen molar-refractivity contribution in [1.29, 1.82) is 0 Å². The van der Waals surface area contributed by atoms with Crippen LogP contribution in [0.2, 0.25) is 0 Å². The molecule has 0 unspecified atom stereocenters. The van der Waals surface area contributed by atoms with Crippen LogP contribution in [-0.2, 0) is 24.9 Å². The summed E-state index contributed by atoms with van der Waals surface area (Å²) in [7, 11) is 1.86. The van der Waals surface area contributed by atoms with Gasteiger partial charge in [-0.05, 0) is 18.6 Å². The molecule has 122 valence electrons. The van der Waals surface area contributed by atoms with E-state index < -0.39 is 0 Å². The molecule has 3 aromatic rings. The fraction of sp³-hybridized carbons (Fsp3) is 0.294. The van der Waals surface area contributed by atoms with Crippen LogP contribution in [0.4, 0.5) is 0 Å². The monoisotopic (exact) mass is 322 g/mol. The van der Waals surface area contributed by atoms with E-state index in [9.17, 15) is 4.79 Å². The Kier molecular flexibility index (Phi) is 3.41. The molecule has 0 bridgehead atoms. The second-order valence-electron chi connectivity index (χ2n) is 6.01. The molecule has 0 N–H and O–H groups in total. The number of rotatable bonds is 3. The Morgan fingerprint density at radius 3 is 2.67 bits per heavy atom. The Morgan fingerprint density at radius 2 is 1.96 bits per heavy atom. The van der Waals surface area contributed by atoms with Crippen LogP contribution in [0.3, 0.4) is 0 Å². The summed E-state index contributed by atoms with van der Waals surface area (Å²) in [5.41, 5.74) is 1.96. The summed E-state index contributed by atoms with van der Waals surface area (Å²) in [6, 6.07) is 11.5. The first kappa shape index (κ1) is 14.6. The Balaban J connectivity index is 1.68. The quantitative estimate of drug-likeness (QED) is 0.737. The summed E-state index contributed by atoms with van der Waals surface area (Å²) in [5.74, 6) is 1.56. The molecule has 7 heteroatoms. The van der Waals surface area contributed by atoms with Crippen molar-refractivity contribution in [3.05, 3.63) is 54.0 Å². The van der Waals surface area contributed by atoms with E-state index in [0.29, 0.717) is 18.9 Å². The normalized spacial score (nSPS) is 17.2. The smallest absolute Gasteiger partial charge is 0.246 e. The fourth-order valence-electron chi connectivity index (χ4n) is 3.17. The second kappa shape index (κ2) is 5.59. The lowest BCUT2D eigenvalue weighted by molar-refractivity contribution is -0.137. The van der Waals surface area contributed by atoms with Crippen LogP contribution in [0.15, 0.2) is 42.6 Å². The summed E-state index contributed by atoms with van der Waals surface area (Å²) in [5, 5.41) is 12.8. The van der Waals surface area contributed by atoms with Crippen molar-refractivity contribution < 1.29 is 4.79 Å². The molecule has 3 heterocycles. The fourth-order valence-corrected chi connectivity index (χ4v) is 3.17. The molecule has 1 aliphatic rings. The zero-order valence-electron chi connectivity index (χ0n) is 13.6. The molecular weight excluding hydrogens is 304 g/mol. The van der Waals surface area contributed by atoms with E-state index in [1.807, 2.05) is 59.8 Å². The molecule has 2 aromatic heterocycles. The molecule has 0 radical (unpaired) electrons. The molecule has 1 aromatic carbocycles. The highest BCUT2D eigenvalue weighted by atomic mass is 16.2. The molecule has 1 atom stereocenters. The summed E-state index contributed by atoms with van der Waals surface area (Å²) in [6.45, 7) is 2.94. The number of hydrogen-bond donors (Lipinski definition) is 0. The first-order valence-corrected chi connectivity index (χ1v) is 7.90. The first-order chi connectivity index (χ1) is 11.6. The molecule has 4 rings (SSSR count). The Labute approximate surface area is 139 Å². The third kappa shape index (κ3) is 2.29. The number of aryl methyl sites for hydroxylation is 1. The largest absolute Gasteiger partial charge is 0.329 e. The minimum atomic E-state index is -0.336. The van der Waals surface area contributed by atoms with E-state index in [1.165, 1.54) is 0 Å². The molecule has 0 aliphatic carbocycles. The van der Waals surface area contributed by atoms with Gasteiger partial charge in [0, 0.05) is 19.8 Å². The molecule has 0 fully saturated rings. The minimum absolute atomic E-state index is 0.0783. The van der Waals surface area contributed by atoms with Crippen LogP contribution in [-0.4, -0.2) is 35.4 Å². The van der Waals surface area contributed by atoms with Crippen LogP contribution in [0, 0.1) is 0 Å². The maximum atomic E-state index is 12.8. The molecule has 1 amide bonds. The van der Waals surface area contributed by atoms with Crippen molar-refractivity contribution in [3.8, 4) is 11.5 Å². The molecule has 0 saturated carbocycles. The average Bonchev–Trinajstić information content (AvgIpc) is 3.19. The summed E-state index contributed by atoms with van der Waals surface area (Å²) >= 11 is 0. The van der Waals surface area contributed by atoms with E-state index >= 15 is 0 Å². The molecule has 0 spiro atoms. The van der Waals surface area contributed by atoms with Gasteiger partial charge in [-0.15, -0.1) is 10.2 Å². The molecule has 24 heavy (non-hydrogen) atoms. The highest BCUT2D eigenvalue weighted by Crippen LogP contribution is 2.28. The Bertz CT molecular complexity index is 882. The maximum Gasteiger partial charge on any atom is 0.246 e. The van der Waals surface area contributed by atoms with Crippen LogP contribution >= 0.6 is 0 Å². The number of carbonyl (C=O) groups excluding carboxylic acids is 1. The summed E-state index contributed by atoms with van der Waals surface area (Å²) in [6.07, 6.45) is 1.72. The van der Waals surface area contributed by atoms with Gasteiger partial charge in [0.05, 0.1) is 6.54 Å². The van der Waals surface area contributed by atoms with Gasteiger partial charge in [-0.1, -0.05) is 30.3 Å². The van der Waals surface area contributed by atoms with Crippen LogP contribution in [0.25, 0.3) is 11.5 Å². The molecule has 1 aliphatic heterocycles. The zero-order chi connectivity index (χ0) is 16.7. The van der Waals surface area contributed by atoms with Crippen molar-refractivity contribution in [2.24, 2.45) is 7.05 Å². The molecular formula is C17H18N6O. The number of hydrogen-bond acceptors (Lipinski definition) is 4. The number of benzene rings is 1. The van der Waals surface area contributed by atoms with Gasteiger partial charge in [-0.25, -0.2) is 0 Å². The minimum Gasteiger partial charge on any atom is -0.329 e. The second-order valence-corrected chi connectivity index (χ2v) is 6.01. The van der Waals surface area contributed by atoms with Crippen LogP contribution in [0.5, 0.6) is 0 Å². The van der Waals surface area contributed by atoms with Gasteiger partial charge in [-0.3, -0.25) is 14.0 Å². The number of nitrogens with zero attached hydrogens (tertiary/aromatic N) is 6. The van der Waals surface area contributed by atoms with Gasteiger partial charge >= 0.3 is 0 Å². The van der Waals surface area contributed by atoms with Gasteiger partial charge < -0.3 is 4.90 Å². The summed E-state index contributed by atoms with van der Waals surface area (Å²) in [4.78, 5) is 14.7. The maximum absolute atomic E-state index is 12.8. The highest BCUT2D eigenvalue weighted by Gasteiger charge is 2.33. The van der Waals surface area contributed by atoms with Crippen molar-refractivity contribution in [2.45, 2.75) is 26.1 Å². The van der Waals surface area contributed by atoms with Crippen LogP contribution < -0.4 is 0 Å². The van der Waals surface area contributed by atoms with Crippen LogP contribution in [0.1, 0.15) is 24.4 Å². The van der Waals surface area contributed by atoms with E-state index in [2.05, 4.69) is 15.3 Å². The van der Waals surface area contributed by atoms with Gasteiger partial charge in [0.15, 0.2) is 11.6 Å². The van der Waals surface area contributed by atoms with E-state index in [4.69, 9.17) is 0 Å². The third-order valence-electron chi connectivity index (χ3n) is 4.42. The van der Waals surface area contributed by atoms with Gasteiger partial charge in [0.2, 0.25) is 5.91 Å². The SMILES string of the molecule is C[C@H]1C(=O)N(Cc2ccccc2)Cc2nnc(-c3ccnn3C)n21. The number of fused-ring (bicyclic) bond motifs is 1. The van der Waals surface area contributed by atoms with Gasteiger partial charge in [-0.2, -0.15) is 5.10 Å². The third-order valence-corrected chi connectivity index (χ3v) is 4.42. The lowest BCUT2D eigenvalue weighted by atomic mass is 10.1. The van der Waals surface area contributed by atoms with E-state index in [-0.39, 0.29) is 11.9 Å². The lowest BCUT2D eigenvalue weighted by Crippen LogP contribution is -2.41. The summed E-state index contributed by atoms with van der Waals surface area (Å²) < 4.78 is 3.66. The van der Waals surface area contributed by atoms with Crippen molar-refractivity contribution in [2.75, 3.05) is 0 Å². The predicted molar refractivity (Wildman–Crippen MR) is 87.6 cm³/mol. The van der Waals surface area contributed by atoms with Crippen molar-refractivity contribution in [3.63, 3.8) is 0 Å². The van der Waals surface area contributed by atoms with E-state index in [0.717, 1.165) is 17.1 Å². The van der Waals surface area contributed by atoms with Crippen molar-refractivity contribution in [1.82, 2.24) is 29.4 Å². The zero-order valence-corrected chi connectivity index (χ0v) is 13.6. The highest BCUT2D eigenvalue weighted by molar-refractivity contribution is 5.81. The van der Waals surface area contributed by atoms with E-state index in [1.54, 1.807) is 10.9 Å². The van der Waals surface area contributed by atoms with Gasteiger partial charge in [0.1, 0.15) is 11.7 Å². The average molecular weight is 322 g/mol. The molecule has 7 nitrogen and oxygen atoms in total. The number of carbonyl (C=O) groups is 1. The number of amides is 1. The number of aromatic nitrogens is 5. The first-order valence-electron chi connectivity index (χ1n) is 7.90. The Hall–Kier alpha value is -2.96. The topological polar surface area (TPSA) is 68.8 Å². The predicted octanol–water partition coefficient (Wildman–Crippen LogP) is 1.78.